The summed E-state index contributed by atoms with van der Waals surface area (Å²) in [5.74, 6) is -1.65. The molecule has 1 aliphatic rings. The van der Waals surface area contributed by atoms with Crippen LogP contribution in [-0.2, 0) is 9.59 Å². The Morgan fingerprint density at radius 1 is 1.04 bits per heavy atom. The highest BCUT2D eigenvalue weighted by molar-refractivity contribution is 6.50. The fourth-order valence-corrected chi connectivity index (χ4v) is 3.61. The summed E-state index contributed by atoms with van der Waals surface area (Å²) in [7, 11) is 0. The smallest absolute Gasteiger partial charge is 0.277 e. The molecule has 3 rings (SSSR count). The molecule has 140 valence electrons. The van der Waals surface area contributed by atoms with Crippen molar-refractivity contribution in [2.45, 2.75) is 27.7 Å². The van der Waals surface area contributed by atoms with Gasteiger partial charge < -0.3 is 15.4 Å². The molecule has 0 unspecified atom stereocenters. The van der Waals surface area contributed by atoms with Gasteiger partial charge in [0.25, 0.3) is 5.91 Å². The molecule has 2 aromatic rings. The van der Waals surface area contributed by atoms with Gasteiger partial charge in [0.05, 0.1) is 0 Å². The lowest BCUT2D eigenvalue weighted by Gasteiger charge is -2.21. The van der Waals surface area contributed by atoms with Crippen molar-refractivity contribution in [2.75, 3.05) is 16.8 Å². The van der Waals surface area contributed by atoms with Crippen LogP contribution in [0.15, 0.2) is 41.6 Å². The Kier molecular flexibility index (Phi) is 4.99. The second-order valence-corrected chi connectivity index (χ2v) is 6.95. The number of oxime groups is 1. The van der Waals surface area contributed by atoms with E-state index in [1.165, 1.54) is 4.90 Å². The minimum absolute atomic E-state index is 0.138. The topological polar surface area (TPSA) is 82.0 Å². The Morgan fingerprint density at radius 2 is 1.56 bits per heavy atom. The third kappa shape index (κ3) is 3.30. The third-order valence-corrected chi connectivity index (χ3v) is 5.02. The molecule has 1 aliphatic heterocycles. The van der Waals surface area contributed by atoms with Gasteiger partial charge in [-0.05, 0) is 49.9 Å². The summed E-state index contributed by atoms with van der Waals surface area (Å²) in [6.07, 6.45) is 0. The average Bonchev–Trinajstić information content (AvgIpc) is 2.94. The Hall–Kier alpha value is -3.15. The maximum atomic E-state index is 12.9. The Labute approximate surface area is 158 Å². The number of anilines is 2. The number of nitrogens with zero attached hydrogens (tertiary/aromatic N) is 2. The lowest BCUT2D eigenvalue weighted by atomic mass is 10.0. The van der Waals surface area contributed by atoms with Crippen LogP contribution in [0.4, 0.5) is 11.4 Å². The van der Waals surface area contributed by atoms with Crippen LogP contribution in [0.2, 0.25) is 0 Å². The van der Waals surface area contributed by atoms with E-state index in [1.807, 2.05) is 64.1 Å². The van der Waals surface area contributed by atoms with E-state index < -0.39 is 11.8 Å². The van der Waals surface area contributed by atoms with Crippen molar-refractivity contribution in [3.8, 4) is 0 Å². The van der Waals surface area contributed by atoms with Gasteiger partial charge in [-0.25, -0.2) is 0 Å². The number of carbonyl (C=O) groups is 2. The van der Waals surface area contributed by atoms with Crippen LogP contribution in [0.1, 0.15) is 22.3 Å². The molecular weight excluding hydrogens is 342 g/mol. The number of aryl methyl sites for hydroxylation is 4. The first kappa shape index (κ1) is 18.6. The molecule has 2 N–H and O–H groups in total. The number of amides is 2. The highest BCUT2D eigenvalue weighted by Gasteiger charge is 2.43. The maximum Gasteiger partial charge on any atom is 0.277 e. The van der Waals surface area contributed by atoms with E-state index in [4.69, 9.17) is 0 Å². The molecule has 1 fully saturated rings. The van der Waals surface area contributed by atoms with Gasteiger partial charge in [-0.1, -0.05) is 41.6 Å². The fourth-order valence-electron chi connectivity index (χ4n) is 3.61. The zero-order chi connectivity index (χ0) is 19.7. The van der Waals surface area contributed by atoms with Gasteiger partial charge in [0.15, 0.2) is 5.71 Å². The lowest BCUT2D eigenvalue weighted by Crippen LogP contribution is -2.30. The van der Waals surface area contributed by atoms with Crippen LogP contribution in [-0.4, -0.2) is 29.3 Å². The minimum Gasteiger partial charge on any atom is -0.410 e. The molecule has 1 saturated heterocycles. The van der Waals surface area contributed by atoms with E-state index in [9.17, 15) is 14.8 Å². The molecule has 0 aliphatic carbocycles. The van der Waals surface area contributed by atoms with Gasteiger partial charge in [-0.3, -0.25) is 9.59 Å². The largest absolute Gasteiger partial charge is 0.410 e. The van der Waals surface area contributed by atoms with E-state index in [0.717, 1.165) is 33.6 Å². The van der Waals surface area contributed by atoms with E-state index in [1.54, 1.807) is 0 Å². The third-order valence-electron chi connectivity index (χ3n) is 5.02. The highest BCUT2D eigenvalue weighted by Crippen LogP contribution is 2.31. The zero-order valence-corrected chi connectivity index (χ0v) is 15.9. The van der Waals surface area contributed by atoms with Crippen LogP contribution in [0.25, 0.3) is 0 Å². The van der Waals surface area contributed by atoms with Crippen LogP contribution >= 0.6 is 0 Å². The van der Waals surface area contributed by atoms with Crippen LogP contribution < -0.4 is 10.2 Å². The van der Waals surface area contributed by atoms with Gasteiger partial charge in [-0.15, -0.1) is 0 Å². The Bertz CT molecular complexity index is 909. The van der Waals surface area contributed by atoms with Crippen molar-refractivity contribution in [1.29, 1.82) is 0 Å². The standard InChI is InChI=1S/C21H23N3O3/c1-12-7-5-8-13(2)17(12)22-20(25)16-11-24(21(26)18(16)23-27)19-14(3)9-6-10-15(19)4/h5-10,16,27H,11H2,1-4H3,(H,22,25)/b23-18+/t16-/m1/s1. The first-order valence-electron chi connectivity index (χ1n) is 8.82. The Morgan fingerprint density at radius 3 is 2.07 bits per heavy atom. The molecule has 6 heteroatoms. The molecule has 27 heavy (non-hydrogen) atoms. The molecular formula is C21H23N3O3. The molecule has 2 aromatic carbocycles. The second kappa shape index (κ2) is 7.23. The van der Waals surface area contributed by atoms with Crippen LogP contribution in [0.5, 0.6) is 0 Å². The number of hydrogen-bond donors (Lipinski definition) is 2. The van der Waals surface area contributed by atoms with Crippen LogP contribution in [0, 0.1) is 33.6 Å². The van der Waals surface area contributed by atoms with Gasteiger partial charge in [0, 0.05) is 17.9 Å². The van der Waals surface area contributed by atoms with E-state index in [0.29, 0.717) is 0 Å². The van der Waals surface area contributed by atoms with Crippen LogP contribution in [0.3, 0.4) is 0 Å². The zero-order valence-electron chi connectivity index (χ0n) is 15.9. The molecule has 0 aromatic heterocycles. The molecule has 1 heterocycles. The van der Waals surface area contributed by atoms with Crippen molar-refractivity contribution >= 4 is 28.9 Å². The summed E-state index contributed by atoms with van der Waals surface area (Å²) in [5.41, 5.74) is 5.06. The number of para-hydroxylation sites is 2. The summed E-state index contributed by atoms with van der Waals surface area (Å²) in [6.45, 7) is 7.78. The predicted molar refractivity (Wildman–Crippen MR) is 106 cm³/mol. The highest BCUT2D eigenvalue weighted by atomic mass is 16.4. The normalized spacial score (nSPS) is 18.2. The first-order valence-corrected chi connectivity index (χ1v) is 8.82. The second-order valence-electron chi connectivity index (χ2n) is 6.95. The number of nitrogens with one attached hydrogen (secondary N) is 1. The minimum atomic E-state index is -0.847. The van der Waals surface area contributed by atoms with Crippen molar-refractivity contribution < 1.29 is 14.8 Å². The van der Waals surface area contributed by atoms with Crippen molar-refractivity contribution in [3.05, 3.63) is 58.7 Å². The Balaban J connectivity index is 1.92. The average molecular weight is 365 g/mol. The molecule has 0 radical (unpaired) electrons. The maximum absolute atomic E-state index is 12.9. The van der Waals surface area contributed by atoms with E-state index in [-0.39, 0.29) is 18.2 Å². The SMILES string of the molecule is Cc1cccc(C)c1NC(=O)[C@@H]1CN(c2c(C)cccc2C)C(=O)/C1=N/O. The molecule has 6 nitrogen and oxygen atoms in total. The summed E-state index contributed by atoms with van der Waals surface area (Å²) < 4.78 is 0. The predicted octanol–water partition coefficient (Wildman–Crippen LogP) is 3.35. The first-order chi connectivity index (χ1) is 12.8. The molecule has 0 saturated carbocycles. The monoisotopic (exact) mass is 365 g/mol. The van der Waals surface area contributed by atoms with Gasteiger partial charge >= 0.3 is 0 Å². The number of carbonyl (C=O) groups excluding carboxylic acids is 2. The number of rotatable bonds is 3. The summed E-state index contributed by atoms with van der Waals surface area (Å²) in [6, 6.07) is 11.5. The number of benzene rings is 2. The lowest BCUT2D eigenvalue weighted by molar-refractivity contribution is -0.118. The van der Waals surface area contributed by atoms with Crippen molar-refractivity contribution in [1.82, 2.24) is 0 Å². The van der Waals surface area contributed by atoms with Gasteiger partial charge in [0.2, 0.25) is 5.91 Å². The van der Waals surface area contributed by atoms with Crippen molar-refractivity contribution in [2.24, 2.45) is 11.1 Å². The summed E-state index contributed by atoms with van der Waals surface area (Å²) in [4.78, 5) is 27.2. The van der Waals surface area contributed by atoms with E-state index in [2.05, 4.69) is 10.5 Å². The summed E-state index contributed by atoms with van der Waals surface area (Å²) >= 11 is 0. The molecule has 0 spiro atoms. The molecule has 2 amide bonds. The van der Waals surface area contributed by atoms with Gasteiger partial charge in [-0.2, -0.15) is 0 Å². The van der Waals surface area contributed by atoms with Crippen molar-refractivity contribution in [3.63, 3.8) is 0 Å². The summed E-state index contributed by atoms with van der Waals surface area (Å²) in [5, 5.41) is 15.4. The van der Waals surface area contributed by atoms with Gasteiger partial charge in [0.1, 0.15) is 5.92 Å². The number of hydrogen-bond acceptors (Lipinski definition) is 4. The molecule has 1 atom stereocenters. The molecule has 0 bridgehead atoms. The quantitative estimate of drug-likeness (QED) is 0.646. The van der Waals surface area contributed by atoms with E-state index >= 15 is 0 Å². The fraction of sp³-hybridized carbons (Fsp3) is 0.286.